The van der Waals surface area contributed by atoms with Crippen LogP contribution in [0.4, 0.5) is 14.5 Å². The summed E-state index contributed by atoms with van der Waals surface area (Å²) in [7, 11) is 0. The zero-order valence-electron chi connectivity index (χ0n) is 10.6. The van der Waals surface area contributed by atoms with Crippen LogP contribution in [-0.2, 0) is 4.79 Å². The Balaban J connectivity index is 2.38. The molecule has 0 saturated heterocycles. The van der Waals surface area contributed by atoms with E-state index in [1.807, 2.05) is 13.8 Å². The number of anilines is 1. The minimum atomic E-state index is -1.02. The van der Waals surface area contributed by atoms with Crippen LogP contribution in [0.15, 0.2) is 18.2 Å². The van der Waals surface area contributed by atoms with Crippen molar-refractivity contribution in [1.29, 1.82) is 0 Å². The van der Waals surface area contributed by atoms with Gasteiger partial charge >= 0.3 is 0 Å². The van der Waals surface area contributed by atoms with Gasteiger partial charge in [0.15, 0.2) is 11.6 Å². The smallest absolute Gasteiger partial charge is 0.224 e. The Morgan fingerprint density at radius 3 is 2.72 bits per heavy atom. The van der Waals surface area contributed by atoms with Crippen molar-refractivity contribution >= 4 is 11.6 Å². The van der Waals surface area contributed by atoms with Crippen molar-refractivity contribution in [3.05, 3.63) is 29.8 Å². The number of carbonyl (C=O) groups excluding carboxylic acids is 1. The number of carbonyl (C=O) groups is 1. The summed E-state index contributed by atoms with van der Waals surface area (Å²) in [6.07, 6.45) is 0.927. The van der Waals surface area contributed by atoms with Crippen LogP contribution in [0.2, 0.25) is 0 Å². The average molecular weight is 256 g/mol. The van der Waals surface area contributed by atoms with Gasteiger partial charge in [-0.2, -0.15) is 0 Å². The van der Waals surface area contributed by atoms with Gasteiger partial charge in [0, 0.05) is 12.5 Å². The standard InChI is InChI=1S/C13H18F2N2O/c1-9(2)16-8-4-7-12(18)17-11-6-3-5-10(14)13(11)15/h3,5-6,9,16H,4,7-8H2,1-2H3,(H,17,18). The molecular formula is C13H18F2N2O. The molecule has 0 saturated carbocycles. The van der Waals surface area contributed by atoms with Gasteiger partial charge in [0.05, 0.1) is 5.69 Å². The fourth-order valence-electron chi connectivity index (χ4n) is 1.45. The summed E-state index contributed by atoms with van der Waals surface area (Å²) >= 11 is 0. The summed E-state index contributed by atoms with van der Waals surface area (Å²) in [6, 6.07) is 4.07. The molecule has 2 N–H and O–H groups in total. The van der Waals surface area contributed by atoms with Gasteiger partial charge in [-0.1, -0.05) is 19.9 Å². The minimum absolute atomic E-state index is 0.114. The normalized spacial score (nSPS) is 10.7. The Morgan fingerprint density at radius 2 is 2.06 bits per heavy atom. The molecular weight excluding hydrogens is 238 g/mol. The molecule has 0 radical (unpaired) electrons. The zero-order valence-corrected chi connectivity index (χ0v) is 10.6. The predicted molar refractivity (Wildman–Crippen MR) is 67.4 cm³/mol. The van der Waals surface area contributed by atoms with Crippen LogP contribution in [-0.4, -0.2) is 18.5 Å². The van der Waals surface area contributed by atoms with Crippen LogP contribution in [0, 0.1) is 11.6 Å². The first-order valence-corrected chi connectivity index (χ1v) is 5.98. The van der Waals surface area contributed by atoms with Crippen molar-refractivity contribution in [3.8, 4) is 0 Å². The minimum Gasteiger partial charge on any atom is -0.324 e. The second-order valence-corrected chi connectivity index (χ2v) is 4.36. The largest absolute Gasteiger partial charge is 0.324 e. The highest BCUT2D eigenvalue weighted by Gasteiger charge is 2.10. The maximum Gasteiger partial charge on any atom is 0.224 e. The average Bonchev–Trinajstić information content (AvgIpc) is 2.30. The van der Waals surface area contributed by atoms with Crippen molar-refractivity contribution in [2.75, 3.05) is 11.9 Å². The van der Waals surface area contributed by atoms with Crippen molar-refractivity contribution in [1.82, 2.24) is 5.32 Å². The van der Waals surface area contributed by atoms with Gasteiger partial charge in [-0.25, -0.2) is 8.78 Å². The molecule has 0 aliphatic carbocycles. The van der Waals surface area contributed by atoms with Gasteiger partial charge in [-0.3, -0.25) is 4.79 Å². The molecule has 0 bridgehead atoms. The Labute approximate surface area is 106 Å². The van der Waals surface area contributed by atoms with E-state index in [2.05, 4.69) is 10.6 Å². The highest BCUT2D eigenvalue weighted by atomic mass is 19.2. The van der Waals surface area contributed by atoms with Crippen LogP contribution < -0.4 is 10.6 Å². The molecule has 1 aromatic rings. The molecule has 1 rings (SSSR count). The number of nitrogens with one attached hydrogen (secondary N) is 2. The lowest BCUT2D eigenvalue weighted by molar-refractivity contribution is -0.116. The molecule has 0 heterocycles. The van der Waals surface area contributed by atoms with Crippen LogP contribution in [0.25, 0.3) is 0 Å². The number of halogens is 2. The molecule has 0 aromatic heterocycles. The van der Waals surface area contributed by atoms with Gasteiger partial charge in [-0.15, -0.1) is 0 Å². The maximum atomic E-state index is 13.3. The molecule has 5 heteroatoms. The predicted octanol–water partition coefficient (Wildman–Crippen LogP) is 2.68. The van der Waals surface area contributed by atoms with E-state index in [-0.39, 0.29) is 18.0 Å². The highest BCUT2D eigenvalue weighted by Crippen LogP contribution is 2.16. The van der Waals surface area contributed by atoms with Gasteiger partial charge < -0.3 is 10.6 Å². The van der Waals surface area contributed by atoms with E-state index in [0.717, 1.165) is 12.6 Å². The molecule has 0 spiro atoms. The van der Waals surface area contributed by atoms with Gasteiger partial charge in [0.2, 0.25) is 5.91 Å². The lowest BCUT2D eigenvalue weighted by atomic mass is 10.2. The molecule has 0 aliphatic rings. The number of amides is 1. The van der Waals surface area contributed by atoms with Gasteiger partial charge in [0.25, 0.3) is 0 Å². The lowest BCUT2D eigenvalue weighted by Gasteiger charge is -2.08. The lowest BCUT2D eigenvalue weighted by Crippen LogP contribution is -2.24. The summed E-state index contributed by atoms with van der Waals surface area (Å²) in [6.45, 7) is 4.75. The zero-order chi connectivity index (χ0) is 13.5. The fourth-order valence-corrected chi connectivity index (χ4v) is 1.45. The first-order chi connectivity index (χ1) is 8.50. The molecule has 0 unspecified atom stereocenters. The first kappa shape index (κ1) is 14.6. The third kappa shape index (κ3) is 4.79. The Kier molecular flexibility index (Phi) is 5.71. The number of benzene rings is 1. The van der Waals surface area contributed by atoms with Crippen molar-refractivity contribution < 1.29 is 13.6 Å². The van der Waals surface area contributed by atoms with E-state index in [1.165, 1.54) is 12.1 Å². The molecule has 1 amide bonds. The summed E-state index contributed by atoms with van der Waals surface area (Å²) in [5.74, 6) is -2.30. The number of hydrogen-bond donors (Lipinski definition) is 2. The molecule has 0 fully saturated rings. The Morgan fingerprint density at radius 1 is 1.33 bits per heavy atom. The van der Waals surface area contributed by atoms with Crippen molar-refractivity contribution in [2.45, 2.75) is 32.7 Å². The van der Waals surface area contributed by atoms with Crippen molar-refractivity contribution in [2.24, 2.45) is 0 Å². The van der Waals surface area contributed by atoms with Crippen LogP contribution >= 0.6 is 0 Å². The maximum absolute atomic E-state index is 13.3. The molecule has 100 valence electrons. The highest BCUT2D eigenvalue weighted by molar-refractivity contribution is 5.90. The van der Waals surface area contributed by atoms with E-state index < -0.39 is 11.6 Å². The van der Waals surface area contributed by atoms with E-state index in [1.54, 1.807) is 0 Å². The third-order valence-electron chi connectivity index (χ3n) is 2.36. The molecule has 18 heavy (non-hydrogen) atoms. The van der Waals surface area contributed by atoms with Crippen LogP contribution in [0.1, 0.15) is 26.7 Å². The van der Waals surface area contributed by atoms with E-state index in [4.69, 9.17) is 0 Å². The second kappa shape index (κ2) is 7.06. The monoisotopic (exact) mass is 256 g/mol. The SMILES string of the molecule is CC(C)NCCCC(=O)Nc1cccc(F)c1F. The van der Waals surface area contributed by atoms with Crippen LogP contribution in [0.5, 0.6) is 0 Å². The van der Waals surface area contributed by atoms with Gasteiger partial charge in [-0.05, 0) is 25.1 Å². The quantitative estimate of drug-likeness (QED) is 0.768. The molecule has 3 nitrogen and oxygen atoms in total. The number of hydrogen-bond acceptors (Lipinski definition) is 2. The van der Waals surface area contributed by atoms with E-state index in [9.17, 15) is 13.6 Å². The summed E-state index contributed by atoms with van der Waals surface area (Å²) in [5, 5.41) is 5.53. The first-order valence-electron chi connectivity index (χ1n) is 5.98. The summed E-state index contributed by atoms with van der Waals surface area (Å²) in [5.41, 5.74) is -0.114. The molecule has 0 atom stereocenters. The topological polar surface area (TPSA) is 41.1 Å². The van der Waals surface area contributed by atoms with E-state index >= 15 is 0 Å². The third-order valence-corrected chi connectivity index (χ3v) is 2.36. The molecule has 0 aliphatic heterocycles. The fraction of sp³-hybridized carbons (Fsp3) is 0.462. The summed E-state index contributed by atoms with van der Waals surface area (Å²) in [4.78, 5) is 11.5. The molecule has 1 aromatic carbocycles. The van der Waals surface area contributed by atoms with Gasteiger partial charge in [0.1, 0.15) is 0 Å². The van der Waals surface area contributed by atoms with Crippen LogP contribution in [0.3, 0.4) is 0 Å². The van der Waals surface area contributed by atoms with Crippen molar-refractivity contribution in [3.63, 3.8) is 0 Å². The second-order valence-electron chi connectivity index (χ2n) is 4.36. The Hall–Kier alpha value is -1.49. The Bertz CT molecular complexity index is 408. The number of rotatable bonds is 6. The summed E-state index contributed by atoms with van der Waals surface area (Å²) < 4.78 is 26.1. The van der Waals surface area contributed by atoms with E-state index in [0.29, 0.717) is 12.5 Å².